The van der Waals surface area contributed by atoms with Crippen LogP contribution in [0, 0.1) is 0 Å². The lowest BCUT2D eigenvalue weighted by atomic mass is 10.2. The predicted octanol–water partition coefficient (Wildman–Crippen LogP) is 3.67. The topological polar surface area (TPSA) is 48.1 Å². The Kier molecular flexibility index (Phi) is 6.01. The van der Waals surface area contributed by atoms with Crippen LogP contribution in [0.3, 0.4) is 0 Å². The molecule has 0 radical (unpaired) electrons. The summed E-state index contributed by atoms with van der Waals surface area (Å²) in [5.41, 5.74) is 6.09. The molecule has 0 bridgehead atoms. The van der Waals surface area contributed by atoms with Gasteiger partial charge in [0.2, 0.25) is 5.88 Å². The highest BCUT2D eigenvalue weighted by molar-refractivity contribution is 6.32. The number of nitrogen functional groups attached to an aromatic ring is 1. The third kappa shape index (κ3) is 4.71. The Morgan fingerprint density at radius 1 is 1.31 bits per heavy atom. The van der Waals surface area contributed by atoms with E-state index in [1.165, 1.54) is 25.7 Å². The number of unbranched alkanes of at least 4 members (excludes halogenated alkanes) is 4. The van der Waals surface area contributed by atoms with Gasteiger partial charge in [-0.2, -0.15) is 0 Å². The van der Waals surface area contributed by atoms with Crippen LogP contribution in [0.4, 0.5) is 5.69 Å². The van der Waals surface area contributed by atoms with Gasteiger partial charge in [-0.1, -0.05) is 44.2 Å². The normalized spacial score (nSPS) is 10.4. The Balaban J connectivity index is 2.21. The van der Waals surface area contributed by atoms with E-state index in [0.717, 1.165) is 6.42 Å². The summed E-state index contributed by atoms with van der Waals surface area (Å²) < 4.78 is 5.47. The fourth-order valence-electron chi connectivity index (χ4n) is 1.42. The zero-order chi connectivity index (χ0) is 11.8. The van der Waals surface area contributed by atoms with Gasteiger partial charge in [0.25, 0.3) is 0 Å². The number of halogens is 1. The van der Waals surface area contributed by atoms with Crippen molar-refractivity contribution in [3.05, 3.63) is 17.3 Å². The molecule has 0 aliphatic rings. The Hall–Kier alpha value is -0.960. The van der Waals surface area contributed by atoms with Crippen molar-refractivity contribution in [2.75, 3.05) is 12.3 Å². The predicted molar refractivity (Wildman–Crippen MR) is 67.9 cm³/mol. The van der Waals surface area contributed by atoms with E-state index in [1.807, 2.05) is 0 Å². The Morgan fingerprint density at radius 2 is 2.06 bits per heavy atom. The first-order valence-electron chi connectivity index (χ1n) is 5.78. The minimum absolute atomic E-state index is 0.478. The van der Waals surface area contributed by atoms with Gasteiger partial charge in [-0.05, 0) is 12.5 Å². The van der Waals surface area contributed by atoms with E-state index in [9.17, 15) is 0 Å². The van der Waals surface area contributed by atoms with E-state index in [2.05, 4.69) is 11.9 Å². The summed E-state index contributed by atoms with van der Waals surface area (Å²) in [6.07, 6.45) is 7.61. The van der Waals surface area contributed by atoms with E-state index in [4.69, 9.17) is 22.1 Å². The summed E-state index contributed by atoms with van der Waals surface area (Å²) in [4.78, 5) is 4.03. The van der Waals surface area contributed by atoms with Crippen molar-refractivity contribution in [1.29, 1.82) is 0 Å². The second-order valence-corrected chi connectivity index (χ2v) is 4.23. The number of rotatable bonds is 7. The molecule has 1 aromatic rings. The van der Waals surface area contributed by atoms with Crippen LogP contribution in [0.1, 0.15) is 39.0 Å². The molecule has 3 nitrogen and oxygen atoms in total. The number of hydrogen-bond donors (Lipinski definition) is 1. The van der Waals surface area contributed by atoms with E-state index < -0.39 is 0 Å². The number of pyridine rings is 1. The highest BCUT2D eigenvalue weighted by Crippen LogP contribution is 2.23. The molecule has 2 N–H and O–H groups in total. The van der Waals surface area contributed by atoms with E-state index in [1.54, 1.807) is 12.3 Å². The molecule has 0 saturated carbocycles. The maximum absolute atomic E-state index is 5.92. The largest absolute Gasteiger partial charge is 0.477 e. The lowest BCUT2D eigenvalue weighted by molar-refractivity contribution is 0.293. The van der Waals surface area contributed by atoms with Crippen molar-refractivity contribution in [1.82, 2.24) is 4.98 Å². The van der Waals surface area contributed by atoms with Gasteiger partial charge in [-0.15, -0.1) is 0 Å². The fourth-order valence-corrected chi connectivity index (χ4v) is 1.65. The van der Waals surface area contributed by atoms with Crippen molar-refractivity contribution < 1.29 is 4.74 Å². The molecule has 0 saturated heterocycles. The number of nitrogens with two attached hydrogens (primary N) is 1. The van der Waals surface area contributed by atoms with Gasteiger partial charge < -0.3 is 10.5 Å². The smallest absolute Gasteiger partial charge is 0.232 e. The van der Waals surface area contributed by atoms with Gasteiger partial charge >= 0.3 is 0 Å². The molecular weight excluding hydrogens is 224 g/mol. The molecule has 16 heavy (non-hydrogen) atoms. The van der Waals surface area contributed by atoms with Crippen LogP contribution >= 0.6 is 11.6 Å². The standard InChI is InChI=1S/C12H19ClN2O/c1-2-3-4-5-6-7-16-12-11(13)8-10(14)9-15-12/h8-9H,2-7,14H2,1H3. The maximum Gasteiger partial charge on any atom is 0.232 e. The van der Waals surface area contributed by atoms with Gasteiger partial charge in [0.15, 0.2) is 0 Å². The zero-order valence-corrected chi connectivity index (χ0v) is 10.5. The first-order valence-corrected chi connectivity index (χ1v) is 6.15. The molecule has 1 rings (SSSR count). The second-order valence-electron chi connectivity index (χ2n) is 3.82. The summed E-state index contributed by atoms with van der Waals surface area (Å²) in [6.45, 7) is 2.87. The maximum atomic E-state index is 5.92. The first kappa shape index (κ1) is 13.1. The molecule has 4 heteroatoms. The molecule has 0 fully saturated rings. The van der Waals surface area contributed by atoms with Gasteiger partial charge in [0.1, 0.15) is 5.02 Å². The lowest BCUT2D eigenvalue weighted by Crippen LogP contribution is -2.00. The second kappa shape index (κ2) is 7.34. The molecule has 0 aliphatic carbocycles. The van der Waals surface area contributed by atoms with Crippen molar-refractivity contribution in [3.8, 4) is 5.88 Å². The van der Waals surface area contributed by atoms with Crippen molar-refractivity contribution in [3.63, 3.8) is 0 Å². The molecule has 0 unspecified atom stereocenters. The molecule has 1 aromatic heterocycles. The van der Waals surface area contributed by atoms with Crippen LogP contribution in [-0.2, 0) is 0 Å². The third-order valence-corrected chi connectivity index (χ3v) is 2.59. The minimum Gasteiger partial charge on any atom is -0.477 e. The summed E-state index contributed by atoms with van der Waals surface area (Å²) in [6, 6.07) is 1.65. The van der Waals surface area contributed by atoms with Crippen LogP contribution in [0.25, 0.3) is 0 Å². The van der Waals surface area contributed by atoms with Gasteiger partial charge in [-0.3, -0.25) is 0 Å². The number of aromatic nitrogens is 1. The summed E-state index contributed by atoms with van der Waals surface area (Å²) in [5.74, 6) is 0.478. The molecule has 0 aliphatic heterocycles. The fraction of sp³-hybridized carbons (Fsp3) is 0.583. The average molecular weight is 243 g/mol. The van der Waals surface area contributed by atoms with E-state index in [0.29, 0.717) is 23.2 Å². The highest BCUT2D eigenvalue weighted by atomic mass is 35.5. The quantitative estimate of drug-likeness (QED) is 0.743. The monoisotopic (exact) mass is 242 g/mol. The molecular formula is C12H19ClN2O. The van der Waals surface area contributed by atoms with E-state index >= 15 is 0 Å². The molecule has 1 heterocycles. The summed E-state index contributed by atoms with van der Waals surface area (Å²) >= 11 is 5.92. The van der Waals surface area contributed by atoms with E-state index in [-0.39, 0.29) is 0 Å². The number of hydrogen-bond acceptors (Lipinski definition) is 3. The van der Waals surface area contributed by atoms with Crippen molar-refractivity contribution >= 4 is 17.3 Å². The van der Waals surface area contributed by atoms with Gasteiger partial charge in [0.05, 0.1) is 18.5 Å². The molecule has 0 spiro atoms. The van der Waals surface area contributed by atoms with Gasteiger partial charge in [-0.25, -0.2) is 4.98 Å². The van der Waals surface area contributed by atoms with Crippen LogP contribution in [0.5, 0.6) is 5.88 Å². The van der Waals surface area contributed by atoms with Crippen LogP contribution < -0.4 is 10.5 Å². The molecule has 0 aromatic carbocycles. The number of anilines is 1. The Labute approximate surface area is 102 Å². The minimum atomic E-state index is 0.478. The lowest BCUT2D eigenvalue weighted by Gasteiger charge is -2.06. The SMILES string of the molecule is CCCCCCCOc1ncc(N)cc1Cl. The number of ether oxygens (including phenoxy) is 1. The van der Waals surface area contributed by atoms with Crippen LogP contribution in [0.2, 0.25) is 5.02 Å². The average Bonchev–Trinajstić information content (AvgIpc) is 2.26. The molecule has 90 valence electrons. The zero-order valence-electron chi connectivity index (χ0n) is 9.71. The van der Waals surface area contributed by atoms with Gasteiger partial charge in [0, 0.05) is 0 Å². The Morgan fingerprint density at radius 3 is 2.75 bits per heavy atom. The third-order valence-electron chi connectivity index (χ3n) is 2.32. The highest BCUT2D eigenvalue weighted by Gasteiger charge is 2.02. The first-order chi connectivity index (χ1) is 7.74. The number of nitrogens with zero attached hydrogens (tertiary/aromatic N) is 1. The molecule has 0 atom stereocenters. The van der Waals surface area contributed by atoms with Crippen LogP contribution in [0.15, 0.2) is 12.3 Å². The molecule has 0 amide bonds. The van der Waals surface area contributed by atoms with Crippen molar-refractivity contribution in [2.24, 2.45) is 0 Å². The Bertz CT molecular complexity index is 318. The summed E-state index contributed by atoms with van der Waals surface area (Å²) in [7, 11) is 0. The summed E-state index contributed by atoms with van der Waals surface area (Å²) in [5, 5.41) is 0.480. The van der Waals surface area contributed by atoms with Crippen LogP contribution in [-0.4, -0.2) is 11.6 Å². The van der Waals surface area contributed by atoms with Crippen molar-refractivity contribution in [2.45, 2.75) is 39.0 Å².